The lowest BCUT2D eigenvalue weighted by Gasteiger charge is -2.13. The molecule has 0 amide bonds. The van der Waals surface area contributed by atoms with Crippen LogP contribution < -0.4 is 9.44 Å². The lowest BCUT2D eigenvalue weighted by Crippen LogP contribution is -2.37. The standard InChI is InChI=1S/C14H26N2O8S2/c1-5-25(19,20)15-11(3)9-23-13(17)7-8-14(18)24-10-12(4)16-26(21,22)6-2/h7-8,11-12,15-16H,5-6,9-10H2,1-4H3/b8-7+/t11-,12-/m0/s1. The maximum Gasteiger partial charge on any atom is 0.331 e. The van der Waals surface area contributed by atoms with Crippen molar-refractivity contribution in [1.29, 1.82) is 0 Å². The third kappa shape index (κ3) is 12.0. The second kappa shape index (κ2) is 11.3. The van der Waals surface area contributed by atoms with Crippen LogP contribution in [0.1, 0.15) is 27.7 Å². The van der Waals surface area contributed by atoms with Crippen molar-refractivity contribution in [1.82, 2.24) is 9.44 Å². The van der Waals surface area contributed by atoms with E-state index in [1.54, 1.807) is 0 Å². The molecule has 12 heteroatoms. The van der Waals surface area contributed by atoms with Crippen LogP contribution in [-0.4, -0.2) is 65.6 Å². The number of hydrogen-bond donors (Lipinski definition) is 2. The van der Waals surface area contributed by atoms with E-state index in [0.717, 1.165) is 12.2 Å². The van der Waals surface area contributed by atoms with Gasteiger partial charge in [-0.05, 0) is 27.7 Å². The molecule has 0 radical (unpaired) electrons. The second-order valence-corrected chi connectivity index (χ2v) is 9.52. The monoisotopic (exact) mass is 414 g/mol. The van der Waals surface area contributed by atoms with Gasteiger partial charge in [0.2, 0.25) is 20.0 Å². The van der Waals surface area contributed by atoms with Gasteiger partial charge in [-0.1, -0.05) is 0 Å². The summed E-state index contributed by atoms with van der Waals surface area (Å²) in [5, 5.41) is 0. The molecule has 2 N–H and O–H groups in total. The fourth-order valence-corrected chi connectivity index (χ4v) is 3.19. The summed E-state index contributed by atoms with van der Waals surface area (Å²) in [6, 6.07) is -1.23. The first-order valence-corrected chi connectivity index (χ1v) is 11.2. The minimum Gasteiger partial charge on any atom is -0.461 e. The predicted molar refractivity (Wildman–Crippen MR) is 95.2 cm³/mol. The summed E-state index contributed by atoms with van der Waals surface area (Å²) in [7, 11) is -6.81. The second-order valence-electron chi connectivity index (χ2n) is 5.44. The molecule has 0 saturated heterocycles. The van der Waals surface area contributed by atoms with Crippen LogP contribution >= 0.6 is 0 Å². The Hall–Kier alpha value is -1.50. The Morgan fingerprint density at radius 1 is 0.808 bits per heavy atom. The van der Waals surface area contributed by atoms with Gasteiger partial charge in [0.15, 0.2) is 0 Å². The molecular weight excluding hydrogens is 388 g/mol. The quantitative estimate of drug-likeness (QED) is 0.314. The number of esters is 2. The highest BCUT2D eigenvalue weighted by atomic mass is 32.2. The first kappa shape index (κ1) is 24.5. The van der Waals surface area contributed by atoms with Crippen molar-refractivity contribution in [2.75, 3.05) is 24.7 Å². The highest BCUT2D eigenvalue weighted by Crippen LogP contribution is 1.94. The molecule has 0 fully saturated rings. The van der Waals surface area contributed by atoms with Gasteiger partial charge in [-0.2, -0.15) is 0 Å². The van der Waals surface area contributed by atoms with E-state index in [1.807, 2.05) is 0 Å². The van der Waals surface area contributed by atoms with Crippen LogP contribution in [0.3, 0.4) is 0 Å². The van der Waals surface area contributed by atoms with Crippen molar-refractivity contribution in [3.8, 4) is 0 Å². The van der Waals surface area contributed by atoms with Crippen molar-refractivity contribution < 1.29 is 35.9 Å². The van der Waals surface area contributed by atoms with Crippen LogP contribution in [0.25, 0.3) is 0 Å². The molecule has 0 aliphatic rings. The van der Waals surface area contributed by atoms with Crippen molar-refractivity contribution in [3.63, 3.8) is 0 Å². The van der Waals surface area contributed by atoms with Gasteiger partial charge >= 0.3 is 11.9 Å². The van der Waals surface area contributed by atoms with Crippen LogP contribution in [-0.2, 0) is 39.1 Å². The molecule has 26 heavy (non-hydrogen) atoms. The number of nitrogens with one attached hydrogen (secondary N) is 2. The molecule has 10 nitrogen and oxygen atoms in total. The fourth-order valence-electron chi connectivity index (χ4n) is 1.49. The van der Waals surface area contributed by atoms with Gasteiger partial charge in [-0.25, -0.2) is 35.9 Å². The Balaban J connectivity index is 4.22. The number of ether oxygens (including phenoxy) is 2. The van der Waals surface area contributed by atoms with E-state index >= 15 is 0 Å². The zero-order valence-electron chi connectivity index (χ0n) is 15.2. The van der Waals surface area contributed by atoms with Crippen LogP contribution in [0.4, 0.5) is 0 Å². The first-order valence-electron chi connectivity index (χ1n) is 7.92. The highest BCUT2D eigenvalue weighted by molar-refractivity contribution is 7.89. The number of hydrogen-bond acceptors (Lipinski definition) is 8. The van der Waals surface area contributed by atoms with Crippen LogP contribution in [0.2, 0.25) is 0 Å². The smallest absolute Gasteiger partial charge is 0.331 e. The normalized spacial score (nSPS) is 14.8. The average molecular weight is 415 g/mol. The van der Waals surface area contributed by atoms with Gasteiger partial charge in [0.25, 0.3) is 0 Å². The summed E-state index contributed by atoms with van der Waals surface area (Å²) in [6.07, 6.45) is 1.68. The first-order chi connectivity index (χ1) is 11.9. The van der Waals surface area contributed by atoms with Crippen molar-refractivity contribution in [3.05, 3.63) is 12.2 Å². The third-order valence-electron chi connectivity index (χ3n) is 2.83. The summed E-state index contributed by atoms with van der Waals surface area (Å²) in [5.41, 5.74) is 0. The van der Waals surface area contributed by atoms with E-state index in [0.29, 0.717) is 0 Å². The fraction of sp³-hybridized carbons (Fsp3) is 0.714. The van der Waals surface area contributed by atoms with E-state index in [2.05, 4.69) is 9.44 Å². The maximum atomic E-state index is 11.5. The lowest BCUT2D eigenvalue weighted by atomic mass is 10.4. The van der Waals surface area contributed by atoms with Gasteiger partial charge in [0.05, 0.1) is 23.6 Å². The summed E-state index contributed by atoms with van der Waals surface area (Å²) < 4.78 is 59.5. The molecule has 0 saturated carbocycles. The topological polar surface area (TPSA) is 145 Å². The zero-order valence-corrected chi connectivity index (χ0v) is 16.9. The van der Waals surface area contributed by atoms with Crippen molar-refractivity contribution in [2.24, 2.45) is 0 Å². The van der Waals surface area contributed by atoms with E-state index in [9.17, 15) is 26.4 Å². The van der Waals surface area contributed by atoms with Gasteiger partial charge in [-0.15, -0.1) is 0 Å². The van der Waals surface area contributed by atoms with Gasteiger partial charge in [0.1, 0.15) is 13.2 Å². The van der Waals surface area contributed by atoms with E-state index in [-0.39, 0.29) is 24.7 Å². The van der Waals surface area contributed by atoms with Gasteiger partial charge in [-0.3, -0.25) is 0 Å². The summed E-state index contributed by atoms with van der Waals surface area (Å²) in [5.74, 6) is -1.87. The van der Waals surface area contributed by atoms with E-state index < -0.39 is 44.1 Å². The number of rotatable bonds is 12. The average Bonchev–Trinajstić information content (AvgIpc) is 2.55. The van der Waals surface area contributed by atoms with E-state index in [4.69, 9.17) is 9.47 Å². The molecule has 2 atom stereocenters. The molecule has 0 bridgehead atoms. The lowest BCUT2D eigenvalue weighted by molar-refractivity contribution is -0.141. The zero-order chi connectivity index (χ0) is 20.4. The van der Waals surface area contributed by atoms with Crippen LogP contribution in [0, 0.1) is 0 Å². The molecular formula is C14H26N2O8S2. The Kier molecular flexibility index (Phi) is 10.6. The van der Waals surface area contributed by atoms with Crippen molar-refractivity contribution >= 4 is 32.0 Å². The molecule has 0 heterocycles. The molecule has 0 aromatic rings. The van der Waals surface area contributed by atoms with E-state index in [1.165, 1.54) is 27.7 Å². The predicted octanol–water partition coefficient (Wildman–Crippen LogP) is -0.715. The molecule has 0 rings (SSSR count). The number of carbonyl (C=O) groups is 2. The molecule has 0 aromatic carbocycles. The van der Waals surface area contributed by atoms with Gasteiger partial charge < -0.3 is 9.47 Å². The molecule has 0 unspecified atom stereocenters. The molecule has 0 aromatic heterocycles. The van der Waals surface area contributed by atoms with Crippen molar-refractivity contribution in [2.45, 2.75) is 39.8 Å². The Morgan fingerprint density at radius 3 is 1.38 bits per heavy atom. The highest BCUT2D eigenvalue weighted by Gasteiger charge is 2.14. The van der Waals surface area contributed by atoms with Gasteiger partial charge in [0, 0.05) is 12.2 Å². The molecule has 0 spiro atoms. The number of carbonyl (C=O) groups excluding carboxylic acids is 2. The summed E-state index contributed by atoms with van der Waals surface area (Å²) in [4.78, 5) is 22.9. The van der Waals surface area contributed by atoms with Crippen LogP contribution in [0.5, 0.6) is 0 Å². The minimum absolute atomic E-state index is 0.0934. The largest absolute Gasteiger partial charge is 0.461 e. The summed E-state index contributed by atoms with van der Waals surface area (Å²) >= 11 is 0. The third-order valence-corrected chi connectivity index (χ3v) is 5.87. The van der Waals surface area contributed by atoms with Crippen LogP contribution in [0.15, 0.2) is 12.2 Å². The summed E-state index contributed by atoms with van der Waals surface area (Å²) in [6.45, 7) is 5.60. The Bertz CT molecular complexity index is 640. The molecule has 0 aliphatic carbocycles. The Morgan fingerprint density at radius 2 is 1.12 bits per heavy atom. The molecule has 0 aliphatic heterocycles. The maximum absolute atomic E-state index is 11.5. The molecule has 152 valence electrons. The SMILES string of the molecule is CCS(=O)(=O)N[C@@H](C)COC(=O)/C=C/C(=O)OC[C@H](C)NS(=O)(=O)CC. The Labute approximate surface area is 154 Å². The number of sulfonamides is 2. The minimum atomic E-state index is -3.41.